The number of aliphatic imine (C=N–C) groups is 1. The average molecular weight is 356 g/mol. The van der Waals surface area contributed by atoms with Gasteiger partial charge >= 0.3 is 0 Å². The van der Waals surface area contributed by atoms with Crippen LogP contribution >= 0.6 is 0 Å². The van der Waals surface area contributed by atoms with Crippen molar-refractivity contribution in [3.63, 3.8) is 0 Å². The van der Waals surface area contributed by atoms with Crippen LogP contribution in [0.5, 0.6) is 5.75 Å². The maximum Gasteiger partial charge on any atom is 0.194 e. The second-order valence-corrected chi connectivity index (χ2v) is 6.36. The zero-order chi connectivity index (χ0) is 18.4. The number of nitrogens with one attached hydrogen (secondary N) is 1. The molecule has 1 aromatic heterocycles. The highest BCUT2D eigenvalue weighted by molar-refractivity contribution is 5.80. The summed E-state index contributed by atoms with van der Waals surface area (Å²) >= 11 is 0. The van der Waals surface area contributed by atoms with Gasteiger partial charge in [-0.2, -0.15) is 5.10 Å². The Hall–Kier alpha value is -2.70. The standard InChI is InChI=1S/C19H28N6O/c1-4-20-19(21-13-16-14-22-23(2)15-16)25-11-9-24(10-12-25)17-5-7-18(26-3)8-6-17/h5-8,14-15H,4,9-13H2,1-3H3,(H,20,21). The second kappa shape index (κ2) is 8.60. The molecule has 0 radical (unpaired) electrons. The van der Waals surface area contributed by atoms with Crippen LogP contribution in [0.25, 0.3) is 0 Å². The number of hydrogen-bond donors (Lipinski definition) is 1. The van der Waals surface area contributed by atoms with Gasteiger partial charge in [-0.3, -0.25) is 4.68 Å². The third kappa shape index (κ3) is 4.47. The van der Waals surface area contributed by atoms with Gasteiger partial charge in [0.25, 0.3) is 0 Å². The predicted octanol–water partition coefficient (Wildman–Crippen LogP) is 1.72. The Morgan fingerprint density at radius 1 is 1.19 bits per heavy atom. The molecule has 140 valence electrons. The van der Waals surface area contributed by atoms with Crippen molar-refractivity contribution in [1.82, 2.24) is 20.0 Å². The Kier molecular flexibility index (Phi) is 5.99. The van der Waals surface area contributed by atoms with Gasteiger partial charge in [0, 0.05) is 57.2 Å². The fraction of sp³-hybridized carbons (Fsp3) is 0.474. The highest BCUT2D eigenvalue weighted by atomic mass is 16.5. The number of aromatic nitrogens is 2. The van der Waals surface area contributed by atoms with Crippen LogP contribution in [0.15, 0.2) is 41.7 Å². The first kappa shape index (κ1) is 18.1. The number of ether oxygens (including phenoxy) is 1. The largest absolute Gasteiger partial charge is 0.497 e. The molecule has 7 heteroatoms. The highest BCUT2D eigenvalue weighted by Crippen LogP contribution is 2.20. The Balaban J connectivity index is 1.59. The summed E-state index contributed by atoms with van der Waals surface area (Å²) < 4.78 is 7.05. The van der Waals surface area contributed by atoms with Gasteiger partial charge in [-0.25, -0.2) is 4.99 Å². The van der Waals surface area contributed by atoms with E-state index >= 15 is 0 Å². The van der Waals surface area contributed by atoms with E-state index < -0.39 is 0 Å². The third-order valence-corrected chi connectivity index (χ3v) is 4.52. The smallest absolute Gasteiger partial charge is 0.194 e. The summed E-state index contributed by atoms with van der Waals surface area (Å²) in [4.78, 5) is 9.52. The van der Waals surface area contributed by atoms with Crippen LogP contribution in [-0.2, 0) is 13.6 Å². The molecule has 26 heavy (non-hydrogen) atoms. The van der Waals surface area contributed by atoms with E-state index in [-0.39, 0.29) is 0 Å². The van der Waals surface area contributed by atoms with E-state index in [9.17, 15) is 0 Å². The maximum atomic E-state index is 5.24. The minimum Gasteiger partial charge on any atom is -0.497 e. The molecule has 1 fully saturated rings. The van der Waals surface area contributed by atoms with Gasteiger partial charge in [0.15, 0.2) is 5.96 Å². The minimum atomic E-state index is 0.648. The molecule has 0 bridgehead atoms. The highest BCUT2D eigenvalue weighted by Gasteiger charge is 2.19. The Bertz CT molecular complexity index is 716. The monoisotopic (exact) mass is 356 g/mol. The predicted molar refractivity (Wildman–Crippen MR) is 105 cm³/mol. The summed E-state index contributed by atoms with van der Waals surface area (Å²) in [5, 5.41) is 7.62. The summed E-state index contributed by atoms with van der Waals surface area (Å²) in [6.07, 6.45) is 3.88. The van der Waals surface area contributed by atoms with Gasteiger partial charge in [0.2, 0.25) is 0 Å². The molecule has 1 N–H and O–H groups in total. The molecule has 0 aliphatic carbocycles. The van der Waals surface area contributed by atoms with Gasteiger partial charge in [-0.1, -0.05) is 0 Å². The van der Waals surface area contributed by atoms with Crippen LogP contribution < -0.4 is 15.0 Å². The lowest BCUT2D eigenvalue weighted by Gasteiger charge is -2.37. The van der Waals surface area contributed by atoms with Crippen molar-refractivity contribution < 1.29 is 4.74 Å². The van der Waals surface area contributed by atoms with Crippen molar-refractivity contribution in [3.05, 3.63) is 42.2 Å². The van der Waals surface area contributed by atoms with Gasteiger partial charge in [-0.15, -0.1) is 0 Å². The molecule has 2 aromatic rings. The van der Waals surface area contributed by atoms with E-state index in [1.807, 2.05) is 36.3 Å². The molecule has 1 aromatic carbocycles. The number of benzene rings is 1. The van der Waals surface area contributed by atoms with Crippen LogP contribution in [0.3, 0.4) is 0 Å². The van der Waals surface area contributed by atoms with Crippen LogP contribution in [0.4, 0.5) is 5.69 Å². The summed E-state index contributed by atoms with van der Waals surface area (Å²) in [6.45, 7) is 7.47. The van der Waals surface area contributed by atoms with E-state index in [1.54, 1.807) is 7.11 Å². The molecule has 0 saturated carbocycles. The number of nitrogens with zero attached hydrogens (tertiary/aromatic N) is 5. The first-order chi connectivity index (χ1) is 12.7. The summed E-state index contributed by atoms with van der Waals surface area (Å²) in [6, 6.07) is 8.27. The molecule has 0 amide bonds. The second-order valence-electron chi connectivity index (χ2n) is 6.36. The third-order valence-electron chi connectivity index (χ3n) is 4.52. The number of methoxy groups -OCH3 is 1. The first-order valence-electron chi connectivity index (χ1n) is 9.09. The van der Waals surface area contributed by atoms with E-state index in [2.05, 4.69) is 39.3 Å². The van der Waals surface area contributed by atoms with Crippen LogP contribution in [0.2, 0.25) is 0 Å². The van der Waals surface area contributed by atoms with Crippen molar-refractivity contribution in [2.24, 2.45) is 12.0 Å². The van der Waals surface area contributed by atoms with E-state index in [0.717, 1.165) is 50.0 Å². The van der Waals surface area contributed by atoms with E-state index in [4.69, 9.17) is 9.73 Å². The Labute approximate surface area is 155 Å². The van der Waals surface area contributed by atoms with Crippen molar-refractivity contribution in [2.75, 3.05) is 44.7 Å². The Morgan fingerprint density at radius 3 is 2.50 bits per heavy atom. The normalized spacial score (nSPS) is 15.3. The lowest BCUT2D eigenvalue weighted by Crippen LogP contribution is -2.52. The Morgan fingerprint density at radius 2 is 1.92 bits per heavy atom. The molecule has 0 atom stereocenters. The molecule has 7 nitrogen and oxygen atoms in total. The fourth-order valence-corrected chi connectivity index (χ4v) is 3.12. The minimum absolute atomic E-state index is 0.648. The number of aryl methyl sites for hydroxylation is 1. The zero-order valence-corrected chi connectivity index (χ0v) is 15.9. The van der Waals surface area contributed by atoms with Crippen LogP contribution in [0.1, 0.15) is 12.5 Å². The zero-order valence-electron chi connectivity index (χ0n) is 15.9. The molecular formula is C19H28N6O. The quantitative estimate of drug-likeness (QED) is 0.653. The molecule has 1 aliphatic heterocycles. The summed E-state index contributed by atoms with van der Waals surface area (Å²) in [5.74, 6) is 1.87. The molecule has 0 spiro atoms. The number of anilines is 1. The molecule has 1 aliphatic rings. The molecule has 3 rings (SSSR count). The van der Waals surface area contributed by atoms with Crippen molar-refractivity contribution >= 4 is 11.6 Å². The SMILES string of the molecule is CCNC(=NCc1cnn(C)c1)N1CCN(c2ccc(OC)cc2)CC1. The molecule has 1 saturated heterocycles. The van der Waals surface area contributed by atoms with Gasteiger partial charge in [-0.05, 0) is 31.2 Å². The summed E-state index contributed by atoms with van der Waals surface area (Å²) in [7, 11) is 3.62. The van der Waals surface area contributed by atoms with E-state index in [0.29, 0.717) is 6.54 Å². The number of hydrogen-bond acceptors (Lipinski definition) is 4. The van der Waals surface area contributed by atoms with Gasteiger partial charge in [0.1, 0.15) is 5.75 Å². The fourth-order valence-electron chi connectivity index (χ4n) is 3.12. The number of piperazine rings is 1. The molecular weight excluding hydrogens is 328 g/mol. The average Bonchev–Trinajstić information content (AvgIpc) is 3.10. The molecule has 2 heterocycles. The van der Waals surface area contributed by atoms with E-state index in [1.165, 1.54) is 5.69 Å². The summed E-state index contributed by atoms with van der Waals surface area (Å²) in [5.41, 5.74) is 2.36. The lowest BCUT2D eigenvalue weighted by atomic mass is 10.2. The molecule has 0 unspecified atom stereocenters. The number of guanidine groups is 1. The topological polar surface area (TPSA) is 57.9 Å². The van der Waals surface area contributed by atoms with Crippen molar-refractivity contribution in [2.45, 2.75) is 13.5 Å². The maximum absolute atomic E-state index is 5.24. The number of rotatable bonds is 5. The van der Waals surface area contributed by atoms with Crippen LogP contribution in [-0.4, -0.2) is 60.5 Å². The van der Waals surface area contributed by atoms with Crippen molar-refractivity contribution in [3.8, 4) is 5.75 Å². The van der Waals surface area contributed by atoms with Gasteiger partial charge in [0.05, 0.1) is 19.9 Å². The van der Waals surface area contributed by atoms with Crippen molar-refractivity contribution in [1.29, 1.82) is 0 Å². The van der Waals surface area contributed by atoms with Crippen LogP contribution in [0, 0.1) is 0 Å². The first-order valence-corrected chi connectivity index (χ1v) is 9.09. The van der Waals surface area contributed by atoms with Gasteiger partial charge < -0.3 is 19.9 Å². The lowest BCUT2D eigenvalue weighted by molar-refractivity contribution is 0.372.